The topological polar surface area (TPSA) is 87.0 Å². The number of nitro benzene ring substituents is 1. The Hall–Kier alpha value is -4.37. The van der Waals surface area contributed by atoms with Gasteiger partial charge < -0.3 is 4.90 Å². The van der Waals surface area contributed by atoms with Gasteiger partial charge in [0.2, 0.25) is 0 Å². The molecule has 0 aliphatic carbocycles. The Morgan fingerprint density at radius 2 is 1.50 bits per heavy atom. The van der Waals surface area contributed by atoms with Gasteiger partial charge in [0.15, 0.2) is 5.11 Å². The van der Waals surface area contributed by atoms with Gasteiger partial charge in [-0.05, 0) is 73.6 Å². The molecule has 0 atom stereocenters. The zero-order valence-electron chi connectivity index (χ0n) is 20.3. The van der Waals surface area contributed by atoms with Gasteiger partial charge in [0, 0.05) is 37.5 Å². The molecular weight excluding hydrogens is 476 g/mol. The number of anilines is 3. The molecule has 0 saturated carbocycles. The number of carbonyl (C=O) groups is 2. The van der Waals surface area contributed by atoms with E-state index in [9.17, 15) is 19.7 Å². The van der Waals surface area contributed by atoms with Crippen LogP contribution in [0.25, 0.3) is 6.08 Å². The summed E-state index contributed by atoms with van der Waals surface area (Å²) < 4.78 is 0. The molecule has 36 heavy (non-hydrogen) atoms. The lowest BCUT2D eigenvalue weighted by atomic mass is 10.0. The second-order valence-electron chi connectivity index (χ2n) is 8.62. The number of nitrogens with zero attached hydrogens (tertiary/aromatic N) is 4. The van der Waals surface area contributed by atoms with E-state index < -0.39 is 16.7 Å². The van der Waals surface area contributed by atoms with Crippen LogP contribution in [0.15, 0.2) is 72.3 Å². The molecule has 0 aromatic heterocycles. The summed E-state index contributed by atoms with van der Waals surface area (Å²) in [7, 11) is 3.56. The molecule has 182 valence electrons. The van der Waals surface area contributed by atoms with Crippen molar-refractivity contribution in [1.82, 2.24) is 0 Å². The lowest BCUT2D eigenvalue weighted by molar-refractivity contribution is -0.384. The first kappa shape index (κ1) is 24.7. The number of hydrogen-bond acceptors (Lipinski definition) is 6. The predicted molar refractivity (Wildman–Crippen MR) is 145 cm³/mol. The van der Waals surface area contributed by atoms with Gasteiger partial charge in [0.25, 0.3) is 17.5 Å². The van der Waals surface area contributed by atoms with Crippen molar-refractivity contribution >= 4 is 58.0 Å². The SMILES string of the molecule is Cc1ccc(N2C(=O)/C(=C/c3cc([N+](=O)[O-])ccc3N(C)C)C(=O)N(c3ccccc3)C2=S)cc1C. The fourth-order valence-corrected chi connectivity index (χ4v) is 4.34. The van der Waals surface area contributed by atoms with Crippen LogP contribution in [0.5, 0.6) is 0 Å². The number of hydrogen-bond donors (Lipinski definition) is 0. The molecule has 2 amide bonds. The van der Waals surface area contributed by atoms with Crippen LogP contribution in [0.1, 0.15) is 16.7 Å². The molecule has 1 aliphatic rings. The first-order chi connectivity index (χ1) is 17.1. The Kier molecular flexibility index (Phi) is 6.67. The molecule has 0 spiro atoms. The summed E-state index contributed by atoms with van der Waals surface area (Å²) in [5.74, 6) is -1.20. The van der Waals surface area contributed by atoms with E-state index >= 15 is 0 Å². The Morgan fingerprint density at radius 3 is 2.08 bits per heavy atom. The lowest BCUT2D eigenvalue weighted by Gasteiger charge is -2.36. The Morgan fingerprint density at radius 1 is 0.861 bits per heavy atom. The molecule has 1 aliphatic heterocycles. The minimum absolute atomic E-state index is 0.0310. The number of thiocarbonyl (C=S) groups is 1. The van der Waals surface area contributed by atoms with Crippen molar-refractivity contribution in [3.63, 3.8) is 0 Å². The molecule has 1 heterocycles. The minimum Gasteiger partial charge on any atom is -0.377 e. The van der Waals surface area contributed by atoms with Crippen LogP contribution < -0.4 is 14.7 Å². The van der Waals surface area contributed by atoms with E-state index in [1.54, 1.807) is 55.4 Å². The molecule has 4 rings (SSSR count). The van der Waals surface area contributed by atoms with Gasteiger partial charge in [-0.25, -0.2) is 0 Å². The van der Waals surface area contributed by atoms with E-state index in [1.165, 1.54) is 28.0 Å². The molecule has 3 aromatic carbocycles. The summed E-state index contributed by atoms with van der Waals surface area (Å²) in [5, 5.41) is 11.5. The van der Waals surface area contributed by atoms with Crippen LogP contribution in [-0.4, -0.2) is 35.9 Å². The van der Waals surface area contributed by atoms with Crippen LogP contribution in [0.3, 0.4) is 0 Å². The molecule has 8 nitrogen and oxygen atoms in total. The Labute approximate surface area is 214 Å². The van der Waals surface area contributed by atoms with Gasteiger partial charge in [-0.3, -0.25) is 29.5 Å². The molecule has 0 radical (unpaired) electrons. The fourth-order valence-electron chi connectivity index (χ4n) is 3.96. The Balaban J connectivity index is 1.94. The summed E-state index contributed by atoms with van der Waals surface area (Å²) in [5.41, 5.74) is 3.72. The maximum absolute atomic E-state index is 13.8. The third kappa shape index (κ3) is 4.48. The van der Waals surface area contributed by atoms with Gasteiger partial charge in [-0.1, -0.05) is 24.3 Å². The number of para-hydroxylation sites is 1. The number of non-ortho nitro benzene ring substituents is 1. The van der Waals surface area contributed by atoms with E-state index in [1.807, 2.05) is 32.0 Å². The quantitative estimate of drug-likeness (QED) is 0.161. The van der Waals surface area contributed by atoms with Crippen molar-refractivity contribution in [2.75, 3.05) is 28.8 Å². The average molecular weight is 501 g/mol. The number of amides is 2. The van der Waals surface area contributed by atoms with E-state index in [2.05, 4.69) is 0 Å². The maximum atomic E-state index is 13.8. The fraction of sp³-hybridized carbons (Fsp3) is 0.148. The second-order valence-corrected chi connectivity index (χ2v) is 8.99. The van der Waals surface area contributed by atoms with Crippen LogP contribution in [-0.2, 0) is 9.59 Å². The highest BCUT2D eigenvalue weighted by atomic mass is 32.1. The second kappa shape index (κ2) is 9.71. The van der Waals surface area contributed by atoms with Crippen molar-refractivity contribution in [2.24, 2.45) is 0 Å². The molecule has 9 heteroatoms. The van der Waals surface area contributed by atoms with Crippen LogP contribution in [0, 0.1) is 24.0 Å². The smallest absolute Gasteiger partial charge is 0.270 e. The van der Waals surface area contributed by atoms with Gasteiger partial charge in [-0.2, -0.15) is 0 Å². The van der Waals surface area contributed by atoms with Gasteiger partial charge in [0.05, 0.1) is 16.3 Å². The average Bonchev–Trinajstić information content (AvgIpc) is 2.84. The monoisotopic (exact) mass is 500 g/mol. The van der Waals surface area contributed by atoms with Gasteiger partial charge >= 0.3 is 0 Å². The highest BCUT2D eigenvalue weighted by molar-refractivity contribution is 7.81. The summed E-state index contributed by atoms with van der Waals surface area (Å²) in [6.07, 6.45) is 1.40. The number of aryl methyl sites for hydroxylation is 2. The zero-order chi connectivity index (χ0) is 26.1. The third-order valence-corrected chi connectivity index (χ3v) is 6.38. The van der Waals surface area contributed by atoms with Crippen molar-refractivity contribution in [2.45, 2.75) is 13.8 Å². The maximum Gasteiger partial charge on any atom is 0.270 e. The van der Waals surface area contributed by atoms with Crippen LogP contribution >= 0.6 is 12.2 Å². The van der Waals surface area contributed by atoms with Crippen molar-refractivity contribution in [3.8, 4) is 0 Å². The van der Waals surface area contributed by atoms with Crippen molar-refractivity contribution < 1.29 is 14.5 Å². The Bertz CT molecular complexity index is 1430. The van der Waals surface area contributed by atoms with Gasteiger partial charge in [-0.15, -0.1) is 0 Å². The number of nitro groups is 1. The summed E-state index contributed by atoms with van der Waals surface area (Å²) in [4.78, 5) is 42.8. The summed E-state index contributed by atoms with van der Waals surface area (Å²) >= 11 is 5.67. The molecular formula is C27H24N4O4S. The predicted octanol–water partition coefficient (Wildman–Crippen LogP) is 5.03. The zero-order valence-corrected chi connectivity index (χ0v) is 21.1. The first-order valence-corrected chi connectivity index (χ1v) is 11.5. The largest absolute Gasteiger partial charge is 0.377 e. The summed E-state index contributed by atoms with van der Waals surface area (Å²) in [6, 6.07) is 18.7. The minimum atomic E-state index is -0.604. The van der Waals surface area contributed by atoms with E-state index in [0.717, 1.165) is 11.1 Å². The number of benzene rings is 3. The van der Waals surface area contributed by atoms with Crippen molar-refractivity contribution in [3.05, 3.63) is 99.1 Å². The molecule has 0 bridgehead atoms. The molecule has 0 N–H and O–H groups in total. The van der Waals surface area contributed by atoms with E-state index in [-0.39, 0.29) is 16.4 Å². The van der Waals surface area contributed by atoms with Crippen LogP contribution in [0.4, 0.5) is 22.7 Å². The number of rotatable bonds is 5. The molecule has 1 fully saturated rings. The van der Waals surface area contributed by atoms with Gasteiger partial charge in [0.1, 0.15) is 5.57 Å². The lowest BCUT2D eigenvalue weighted by Crippen LogP contribution is -2.57. The first-order valence-electron chi connectivity index (χ1n) is 11.1. The highest BCUT2D eigenvalue weighted by Crippen LogP contribution is 2.33. The molecule has 3 aromatic rings. The normalized spacial score (nSPS) is 15.0. The summed E-state index contributed by atoms with van der Waals surface area (Å²) in [6.45, 7) is 3.89. The van der Waals surface area contributed by atoms with Crippen molar-refractivity contribution in [1.29, 1.82) is 0 Å². The standard InChI is InChI=1S/C27H24N4O4S/c1-17-10-11-21(14-18(17)2)30-26(33)23(25(32)29(27(30)36)20-8-6-5-7-9-20)16-19-15-22(31(34)35)12-13-24(19)28(3)4/h5-16H,1-4H3/b23-16+. The van der Waals surface area contributed by atoms with E-state index in [4.69, 9.17) is 12.2 Å². The number of carbonyl (C=O) groups excluding carboxylic acids is 2. The van der Waals surface area contributed by atoms with E-state index in [0.29, 0.717) is 22.6 Å². The highest BCUT2D eigenvalue weighted by Gasteiger charge is 2.41. The molecule has 0 unspecified atom stereocenters. The molecule has 1 saturated heterocycles. The van der Waals surface area contributed by atoms with Crippen LogP contribution in [0.2, 0.25) is 0 Å². The third-order valence-electron chi connectivity index (χ3n) is 6.02.